The van der Waals surface area contributed by atoms with E-state index in [9.17, 15) is 9.59 Å². The van der Waals surface area contributed by atoms with E-state index in [4.69, 9.17) is 5.73 Å². The molecule has 2 amide bonds. The van der Waals surface area contributed by atoms with Gasteiger partial charge in [0.1, 0.15) is 0 Å². The van der Waals surface area contributed by atoms with E-state index < -0.39 is 0 Å². The minimum atomic E-state index is -0.143. The highest BCUT2D eigenvalue weighted by atomic mass is 16.2. The van der Waals surface area contributed by atoms with Crippen LogP contribution in [0.4, 0.5) is 0 Å². The number of nitrogens with two attached hydrogens (primary N) is 1. The molecule has 16 heavy (non-hydrogen) atoms. The molecule has 0 bridgehead atoms. The monoisotopic (exact) mass is 229 g/mol. The van der Waals surface area contributed by atoms with Crippen molar-refractivity contribution in [3.8, 4) is 0 Å². The lowest BCUT2D eigenvalue weighted by molar-refractivity contribution is -0.126. The molecule has 0 spiro atoms. The fourth-order valence-corrected chi connectivity index (χ4v) is 1.23. The Balaban J connectivity index is 3.67. The third-order valence-electron chi connectivity index (χ3n) is 2.40. The zero-order chi connectivity index (χ0) is 12.4. The maximum Gasteiger partial charge on any atom is 0.239 e. The molecule has 1 unspecified atom stereocenters. The van der Waals surface area contributed by atoms with Crippen molar-refractivity contribution in [1.82, 2.24) is 10.6 Å². The third-order valence-corrected chi connectivity index (χ3v) is 2.40. The Labute approximate surface area is 97.2 Å². The van der Waals surface area contributed by atoms with Crippen LogP contribution in [0.15, 0.2) is 0 Å². The van der Waals surface area contributed by atoms with Crippen LogP contribution in [-0.2, 0) is 9.59 Å². The van der Waals surface area contributed by atoms with Crippen LogP contribution in [0.3, 0.4) is 0 Å². The van der Waals surface area contributed by atoms with Crippen molar-refractivity contribution in [3.05, 3.63) is 0 Å². The summed E-state index contributed by atoms with van der Waals surface area (Å²) in [5, 5.41) is 5.27. The Hall–Kier alpha value is -1.10. The molecule has 0 aromatic heterocycles. The number of amides is 2. The van der Waals surface area contributed by atoms with Crippen molar-refractivity contribution in [1.29, 1.82) is 0 Å². The molecule has 0 saturated carbocycles. The summed E-state index contributed by atoms with van der Waals surface area (Å²) >= 11 is 0. The molecule has 0 aliphatic rings. The molecule has 0 radical (unpaired) electrons. The topological polar surface area (TPSA) is 84.2 Å². The maximum absolute atomic E-state index is 11.4. The fourth-order valence-electron chi connectivity index (χ4n) is 1.23. The average molecular weight is 229 g/mol. The van der Waals surface area contributed by atoms with E-state index in [1.807, 2.05) is 13.8 Å². The van der Waals surface area contributed by atoms with E-state index >= 15 is 0 Å². The summed E-state index contributed by atoms with van der Waals surface area (Å²) in [5.41, 5.74) is 5.49. The number of rotatable bonds is 8. The summed E-state index contributed by atoms with van der Waals surface area (Å²) < 4.78 is 0. The van der Waals surface area contributed by atoms with Gasteiger partial charge in [-0.25, -0.2) is 0 Å². The first-order valence-electron chi connectivity index (χ1n) is 5.87. The third kappa shape index (κ3) is 7.23. The lowest BCUT2D eigenvalue weighted by Gasteiger charge is -2.11. The average Bonchev–Trinajstić information content (AvgIpc) is 2.30. The van der Waals surface area contributed by atoms with Crippen LogP contribution in [-0.4, -0.2) is 31.4 Å². The molecular weight excluding hydrogens is 206 g/mol. The van der Waals surface area contributed by atoms with Crippen molar-refractivity contribution in [2.24, 2.45) is 11.7 Å². The van der Waals surface area contributed by atoms with Crippen molar-refractivity contribution in [3.63, 3.8) is 0 Å². The molecular formula is C11H23N3O2. The molecule has 5 nitrogen and oxygen atoms in total. The summed E-state index contributed by atoms with van der Waals surface area (Å²) in [6.07, 6.45) is 2.17. The minimum Gasteiger partial charge on any atom is -0.355 e. The van der Waals surface area contributed by atoms with Gasteiger partial charge in [-0.2, -0.15) is 0 Å². The van der Waals surface area contributed by atoms with Crippen molar-refractivity contribution < 1.29 is 9.59 Å². The quantitative estimate of drug-likeness (QED) is 0.548. The fraction of sp³-hybridized carbons (Fsp3) is 0.818. The number of hydrogen-bond donors (Lipinski definition) is 3. The van der Waals surface area contributed by atoms with Crippen LogP contribution in [0.2, 0.25) is 0 Å². The second-order valence-electron chi connectivity index (χ2n) is 3.84. The zero-order valence-electron chi connectivity index (χ0n) is 10.2. The van der Waals surface area contributed by atoms with Crippen LogP contribution in [0.25, 0.3) is 0 Å². The second kappa shape index (κ2) is 9.15. The van der Waals surface area contributed by atoms with E-state index in [1.54, 1.807) is 0 Å². The van der Waals surface area contributed by atoms with Gasteiger partial charge in [-0.05, 0) is 18.9 Å². The smallest absolute Gasteiger partial charge is 0.239 e. The van der Waals surface area contributed by atoms with Gasteiger partial charge in [0.25, 0.3) is 0 Å². The molecule has 0 saturated heterocycles. The van der Waals surface area contributed by atoms with Crippen molar-refractivity contribution in [2.75, 3.05) is 19.6 Å². The number of hydrogen-bond acceptors (Lipinski definition) is 3. The van der Waals surface area contributed by atoms with Crippen LogP contribution in [0, 0.1) is 5.92 Å². The number of carbonyl (C=O) groups excluding carboxylic acids is 2. The summed E-state index contributed by atoms with van der Waals surface area (Å²) in [7, 11) is 0. The molecule has 0 aromatic rings. The SMILES string of the molecule is CCCNC(=O)CNC(=O)CC(CC)CN. The Morgan fingerprint density at radius 1 is 1.19 bits per heavy atom. The first-order chi connectivity index (χ1) is 7.63. The van der Waals surface area contributed by atoms with E-state index in [2.05, 4.69) is 10.6 Å². The molecule has 0 rings (SSSR count). The standard InChI is InChI=1S/C11H23N3O2/c1-3-5-13-11(16)8-14-10(15)6-9(4-2)7-12/h9H,3-8,12H2,1-2H3,(H,13,16)(H,14,15). The second-order valence-corrected chi connectivity index (χ2v) is 3.84. The van der Waals surface area contributed by atoms with Gasteiger partial charge in [-0.15, -0.1) is 0 Å². The zero-order valence-corrected chi connectivity index (χ0v) is 10.2. The van der Waals surface area contributed by atoms with Crippen LogP contribution in [0.1, 0.15) is 33.1 Å². The molecule has 1 atom stereocenters. The van der Waals surface area contributed by atoms with Gasteiger partial charge < -0.3 is 16.4 Å². The van der Waals surface area contributed by atoms with Gasteiger partial charge >= 0.3 is 0 Å². The summed E-state index contributed by atoms with van der Waals surface area (Å²) in [6, 6.07) is 0. The van der Waals surface area contributed by atoms with E-state index in [1.165, 1.54) is 0 Å². The highest BCUT2D eigenvalue weighted by Crippen LogP contribution is 2.04. The maximum atomic E-state index is 11.4. The van der Waals surface area contributed by atoms with E-state index in [0.717, 1.165) is 12.8 Å². The van der Waals surface area contributed by atoms with E-state index in [0.29, 0.717) is 19.5 Å². The minimum absolute atomic E-state index is 0.0554. The molecule has 5 heteroatoms. The van der Waals surface area contributed by atoms with Gasteiger partial charge in [-0.1, -0.05) is 20.3 Å². The first-order valence-corrected chi connectivity index (χ1v) is 5.87. The molecule has 0 aliphatic heterocycles. The Kier molecular flexibility index (Phi) is 8.52. The van der Waals surface area contributed by atoms with Crippen molar-refractivity contribution in [2.45, 2.75) is 33.1 Å². The molecule has 0 heterocycles. The van der Waals surface area contributed by atoms with Gasteiger partial charge in [0.15, 0.2) is 0 Å². The molecule has 0 fully saturated rings. The Bertz CT molecular complexity index is 215. The molecule has 0 aliphatic carbocycles. The predicted molar refractivity (Wildman–Crippen MR) is 63.8 cm³/mol. The summed E-state index contributed by atoms with van der Waals surface area (Å²) in [6.45, 7) is 5.19. The summed E-state index contributed by atoms with van der Waals surface area (Å²) in [5.74, 6) is -0.0429. The lowest BCUT2D eigenvalue weighted by atomic mass is 10.0. The summed E-state index contributed by atoms with van der Waals surface area (Å²) in [4.78, 5) is 22.6. The molecule has 94 valence electrons. The van der Waals surface area contributed by atoms with Gasteiger partial charge in [0.05, 0.1) is 6.54 Å². The molecule has 0 aromatic carbocycles. The van der Waals surface area contributed by atoms with Crippen molar-refractivity contribution >= 4 is 11.8 Å². The first kappa shape index (κ1) is 14.9. The van der Waals surface area contributed by atoms with Gasteiger partial charge in [-0.3, -0.25) is 9.59 Å². The van der Waals surface area contributed by atoms with E-state index in [-0.39, 0.29) is 24.3 Å². The lowest BCUT2D eigenvalue weighted by Crippen LogP contribution is -2.38. The predicted octanol–water partition coefficient (Wildman–Crippen LogP) is 0.00380. The molecule has 4 N–H and O–H groups in total. The highest BCUT2D eigenvalue weighted by molar-refractivity contribution is 5.84. The van der Waals surface area contributed by atoms with Gasteiger partial charge in [0.2, 0.25) is 11.8 Å². The normalized spacial score (nSPS) is 11.9. The number of carbonyl (C=O) groups is 2. The largest absolute Gasteiger partial charge is 0.355 e. The Morgan fingerprint density at radius 2 is 1.88 bits per heavy atom. The highest BCUT2D eigenvalue weighted by Gasteiger charge is 2.11. The van der Waals surface area contributed by atoms with Crippen LogP contribution < -0.4 is 16.4 Å². The van der Waals surface area contributed by atoms with Crippen LogP contribution >= 0.6 is 0 Å². The number of nitrogens with one attached hydrogen (secondary N) is 2. The van der Waals surface area contributed by atoms with Crippen LogP contribution in [0.5, 0.6) is 0 Å². The van der Waals surface area contributed by atoms with Gasteiger partial charge in [0, 0.05) is 13.0 Å². The Morgan fingerprint density at radius 3 is 2.38 bits per heavy atom.